The van der Waals surface area contributed by atoms with E-state index in [1.165, 1.54) is 4.88 Å². The second kappa shape index (κ2) is 5.54. The molecule has 0 atom stereocenters. The van der Waals surface area contributed by atoms with E-state index in [1.54, 1.807) is 11.3 Å². The average Bonchev–Trinajstić information content (AvgIpc) is 2.91. The van der Waals surface area contributed by atoms with Gasteiger partial charge in [0.25, 0.3) is 0 Å². The van der Waals surface area contributed by atoms with Gasteiger partial charge in [0.15, 0.2) is 0 Å². The molecule has 5 nitrogen and oxygen atoms in total. The quantitative estimate of drug-likeness (QED) is 0.908. The number of nitrogens with zero attached hydrogens (tertiary/aromatic N) is 3. The highest BCUT2D eigenvalue weighted by Crippen LogP contribution is 2.34. The lowest BCUT2D eigenvalue weighted by Gasteiger charge is -2.27. The summed E-state index contributed by atoms with van der Waals surface area (Å²) in [6.45, 7) is 8.37. The fourth-order valence-corrected chi connectivity index (χ4v) is 3.44. The van der Waals surface area contributed by atoms with Crippen LogP contribution in [0.25, 0.3) is 10.2 Å². The standard InChI is InChI=1S/C14H21N5S/c1-9(2)11-8-10-12(15-3)17-14(18-13(10)20-11)19-6-4-16-5-7-19/h8-9,16H,4-7H2,1-3H3,(H,15,17,18). The summed E-state index contributed by atoms with van der Waals surface area (Å²) in [7, 11) is 1.93. The molecule has 1 saturated heterocycles. The van der Waals surface area contributed by atoms with Crippen LogP contribution in [0.4, 0.5) is 11.8 Å². The third-order valence-corrected chi connectivity index (χ3v) is 4.94. The number of nitrogens with one attached hydrogen (secondary N) is 2. The number of fused-ring (bicyclic) bond motifs is 1. The Balaban J connectivity index is 2.05. The van der Waals surface area contributed by atoms with Crippen LogP contribution in [0.3, 0.4) is 0 Å². The number of hydrogen-bond donors (Lipinski definition) is 2. The van der Waals surface area contributed by atoms with Gasteiger partial charge in [0.05, 0.1) is 5.39 Å². The SMILES string of the molecule is CNc1nc(N2CCNCC2)nc2sc(C(C)C)cc12. The molecule has 0 aliphatic carbocycles. The summed E-state index contributed by atoms with van der Waals surface area (Å²) in [5.74, 6) is 2.31. The van der Waals surface area contributed by atoms with Crippen LogP contribution in [-0.2, 0) is 0 Å². The number of thiophene rings is 1. The van der Waals surface area contributed by atoms with Gasteiger partial charge in [-0.05, 0) is 12.0 Å². The van der Waals surface area contributed by atoms with Gasteiger partial charge in [-0.1, -0.05) is 13.8 Å². The van der Waals surface area contributed by atoms with Crippen molar-refractivity contribution in [2.24, 2.45) is 0 Å². The number of aromatic nitrogens is 2. The molecular weight excluding hydrogens is 270 g/mol. The molecule has 20 heavy (non-hydrogen) atoms. The molecule has 0 aromatic carbocycles. The normalized spacial score (nSPS) is 16.1. The lowest BCUT2D eigenvalue weighted by atomic mass is 10.2. The van der Waals surface area contributed by atoms with Crippen molar-refractivity contribution in [3.63, 3.8) is 0 Å². The van der Waals surface area contributed by atoms with Gasteiger partial charge in [0.1, 0.15) is 10.6 Å². The molecule has 108 valence electrons. The molecule has 1 fully saturated rings. The van der Waals surface area contributed by atoms with Crippen molar-refractivity contribution in [1.29, 1.82) is 0 Å². The summed E-state index contributed by atoms with van der Waals surface area (Å²) in [5.41, 5.74) is 0. The molecule has 1 aliphatic rings. The van der Waals surface area contributed by atoms with Crippen molar-refractivity contribution in [2.75, 3.05) is 43.4 Å². The Morgan fingerprint density at radius 3 is 2.70 bits per heavy atom. The van der Waals surface area contributed by atoms with Crippen molar-refractivity contribution in [3.8, 4) is 0 Å². The summed E-state index contributed by atoms with van der Waals surface area (Å²) in [6.07, 6.45) is 0. The minimum Gasteiger partial charge on any atom is -0.372 e. The largest absolute Gasteiger partial charge is 0.372 e. The summed E-state index contributed by atoms with van der Waals surface area (Å²) in [5, 5.41) is 7.71. The molecule has 0 radical (unpaired) electrons. The predicted octanol–water partition coefficient (Wildman–Crippen LogP) is 2.27. The van der Waals surface area contributed by atoms with Crippen molar-refractivity contribution in [2.45, 2.75) is 19.8 Å². The minimum atomic E-state index is 0.529. The Labute approximate surface area is 123 Å². The van der Waals surface area contributed by atoms with Crippen LogP contribution < -0.4 is 15.5 Å². The van der Waals surface area contributed by atoms with Crippen LogP contribution in [0.5, 0.6) is 0 Å². The molecule has 0 saturated carbocycles. The smallest absolute Gasteiger partial charge is 0.228 e. The molecule has 0 bridgehead atoms. The Kier molecular flexibility index (Phi) is 3.76. The minimum absolute atomic E-state index is 0.529. The topological polar surface area (TPSA) is 53.1 Å². The Bertz CT molecular complexity index is 601. The van der Waals surface area contributed by atoms with Crippen molar-refractivity contribution in [3.05, 3.63) is 10.9 Å². The van der Waals surface area contributed by atoms with E-state index in [9.17, 15) is 0 Å². The van der Waals surface area contributed by atoms with Crippen molar-refractivity contribution in [1.82, 2.24) is 15.3 Å². The van der Waals surface area contributed by atoms with E-state index in [1.807, 2.05) is 7.05 Å². The van der Waals surface area contributed by atoms with Gasteiger partial charge in [-0.3, -0.25) is 0 Å². The average molecular weight is 291 g/mol. The first kappa shape index (κ1) is 13.6. The highest BCUT2D eigenvalue weighted by atomic mass is 32.1. The molecule has 2 aromatic heterocycles. The first-order valence-corrected chi connectivity index (χ1v) is 7.95. The van der Waals surface area contributed by atoms with E-state index in [2.05, 4.69) is 35.4 Å². The second-order valence-corrected chi connectivity index (χ2v) is 6.44. The molecule has 1 aliphatic heterocycles. The van der Waals surface area contributed by atoms with Crippen LogP contribution in [0.1, 0.15) is 24.6 Å². The van der Waals surface area contributed by atoms with Crippen LogP contribution >= 0.6 is 11.3 Å². The van der Waals surface area contributed by atoms with Crippen LogP contribution in [0.2, 0.25) is 0 Å². The first-order valence-electron chi connectivity index (χ1n) is 7.14. The third kappa shape index (κ3) is 2.45. The summed E-state index contributed by atoms with van der Waals surface area (Å²) in [6, 6.07) is 2.22. The molecule has 2 N–H and O–H groups in total. The molecule has 0 unspecified atom stereocenters. The summed E-state index contributed by atoms with van der Waals surface area (Å²) < 4.78 is 0. The highest BCUT2D eigenvalue weighted by molar-refractivity contribution is 7.18. The molecule has 3 rings (SSSR count). The lowest BCUT2D eigenvalue weighted by molar-refractivity contribution is 0.581. The van der Waals surface area contributed by atoms with E-state index in [-0.39, 0.29) is 0 Å². The van der Waals surface area contributed by atoms with Gasteiger partial charge < -0.3 is 15.5 Å². The maximum Gasteiger partial charge on any atom is 0.228 e. The van der Waals surface area contributed by atoms with Crippen molar-refractivity contribution >= 4 is 33.3 Å². The zero-order chi connectivity index (χ0) is 14.1. The Morgan fingerprint density at radius 2 is 2.05 bits per heavy atom. The summed E-state index contributed by atoms with van der Waals surface area (Å²) >= 11 is 1.78. The first-order chi connectivity index (χ1) is 9.69. The second-order valence-electron chi connectivity index (χ2n) is 5.38. The molecule has 6 heteroatoms. The monoisotopic (exact) mass is 291 g/mol. The molecule has 2 aromatic rings. The molecule has 0 amide bonds. The number of hydrogen-bond acceptors (Lipinski definition) is 6. The van der Waals surface area contributed by atoms with E-state index in [0.29, 0.717) is 5.92 Å². The van der Waals surface area contributed by atoms with Gasteiger partial charge in [-0.15, -0.1) is 11.3 Å². The van der Waals surface area contributed by atoms with Gasteiger partial charge in [0.2, 0.25) is 5.95 Å². The van der Waals surface area contributed by atoms with E-state index in [4.69, 9.17) is 9.97 Å². The van der Waals surface area contributed by atoms with Crippen molar-refractivity contribution < 1.29 is 0 Å². The third-order valence-electron chi connectivity index (χ3n) is 3.61. The van der Waals surface area contributed by atoms with Crippen LogP contribution in [0.15, 0.2) is 6.07 Å². The van der Waals surface area contributed by atoms with Gasteiger partial charge in [0, 0.05) is 38.1 Å². The predicted molar refractivity (Wildman–Crippen MR) is 86.1 cm³/mol. The van der Waals surface area contributed by atoms with Crippen LogP contribution in [-0.4, -0.2) is 43.2 Å². The van der Waals surface area contributed by atoms with Gasteiger partial charge in [-0.25, -0.2) is 4.98 Å². The number of anilines is 2. The molecule has 0 spiro atoms. The highest BCUT2D eigenvalue weighted by Gasteiger charge is 2.17. The van der Waals surface area contributed by atoms with E-state index >= 15 is 0 Å². The Morgan fingerprint density at radius 1 is 1.30 bits per heavy atom. The fraction of sp³-hybridized carbons (Fsp3) is 0.571. The van der Waals surface area contributed by atoms with E-state index < -0.39 is 0 Å². The fourth-order valence-electron chi connectivity index (χ4n) is 2.41. The van der Waals surface area contributed by atoms with Gasteiger partial charge in [-0.2, -0.15) is 4.98 Å². The zero-order valence-corrected chi connectivity index (χ0v) is 13.0. The lowest BCUT2D eigenvalue weighted by Crippen LogP contribution is -2.44. The Hall–Kier alpha value is -1.40. The molecule has 3 heterocycles. The van der Waals surface area contributed by atoms with Crippen LogP contribution in [0, 0.1) is 0 Å². The zero-order valence-electron chi connectivity index (χ0n) is 12.2. The maximum absolute atomic E-state index is 4.78. The maximum atomic E-state index is 4.78. The number of rotatable bonds is 3. The van der Waals surface area contributed by atoms with Gasteiger partial charge >= 0.3 is 0 Å². The number of piperazine rings is 1. The summed E-state index contributed by atoms with van der Waals surface area (Å²) in [4.78, 5) is 14.2. The van der Waals surface area contributed by atoms with E-state index in [0.717, 1.165) is 48.2 Å². The molecular formula is C14H21N5S.